The summed E-state index contributed by atoms with van der Waals surface area (Å²) in [5.74, 6) is 0. The first kappa shape index (κ1) is 88.8. The van der Waals surface area contributed by atoms with Crippen molar-refractivity contribution in [1.29, 1.82) is 0 Å². The molecule has 3 heteroatoms. The first-order valence-electron chi connectivity index (χ1n) is 25.1. The average Bonchev–Trinajstić information content (AvgIpc) is 3.47. The van der Waals surface area contributed by atoms with E-state index in [4.69, 9.17) is 0 Å². The summed E-state index contributed by atoms with van der Waals surface area (Å²) in [4.78, 5) is 5.61. The third kappa shape index (κ3) is 65.5. The molecular formula is C62H108S2Y. The molecule has 0 saturated carbocycles. The number of benzene rings is 6. The van der Waals surface area contributed by atoms with E-state index in [0.29, 0.717) is 0 Å². The Balaban J connectivity index is -0.0000000589. The summed E-state index contributed by atoms with van der Waals surface area (Å²) in [6, 6.07) is 67.6. The Morgan fingerprint density at radius 3 is 0.431 bits per heavy atom. The Labute approximate surface area is 443 Å². The van der Waals surface area contributed by atoms with Crippen molar-refractivity contribution in [2.75, 3.05) is 12.5 Å². The van der Waals surface area contributed by atoms with Crippen LogP contribution in [0.15, 0.2) is 202 Å². The average molecular weight is 1010 g/mol. The maximum atomic E-state index is 2.89. The van der Waals surface area contributed by atoms with Crippen molar-refractivity contribution >= 4 is 21.8 Å². The molecule has 371 valence electrons. The van der Waals surface area contributed by atoms with Crippen LogP contribution >= 0.6 is 0 Å². The molecule has 0 heterocycles. The molecule has 0 spiro atoms. The molecule has 0 fully saturated rings. The van der Waals surface area contributed by atoms with Gasteiger partial charge in [0, 0.05) is 32.7 Å². The fraction of sp³-hybridized carbons (Fsp3) is 0.419. The van der Waals surface area contributed by atoms with Crippen LogP contribution in [0.5, 0.6) is 0 Å². The monoisotopic (exact) mass is 1010 g/mol. The maximum absolute atomic E-state index is 2.89. The second kappa shape index (κ2) is 99.5. The molecule has 0 nitrogen and oxygen atoms in total. The molecule has 0 saturated heterocycles. The van der Waals surface area contributed by atoms with E-state index in [2.05, 4.69) is 146 Å². The van der Waals surface area contributed by atoms with Gasteiger partial charge in [-0.2, -0.15) is 72.8 Å². The molecule has 6 aromatic rings. The largest absolute Gasteiger partial charge is 0.184 e. The van der Waals surface area contributed by atoms with Gasteiger partial charge >= 0.3 is 0 Å². The summed E-state index contributed by atoms with van der Waals surface area (Å²) in [5.41, 5.74) is 0. The summed E-state index contributed by atoms with van der Waals surface area (Å²) in [7, 11) is 0.406. The molecule has 0 N–H and O–H groups in total. The smallest absolute Gasteiger partial charge is 0.160 e. The molecule has 0 aromatic heterocycles. The van der Waals surface area contributed by atoms with Gasteiger partial charge < -0.3 is 0 Å². The van der Waals surface area contributed by atoms with E-state index in [1.807, 2.05) is 227 Å². The van der Waals surface area contributed by atoms with Crippen LogP contribution in [-0.2, 0) is 54.5 Å². The predicted molar refractivity (Wildman–Crippen MR) is 312 cm³/mol. The molecule has 6 rings (SSSR count). The molecule has 6 aromatic carbocycles. The first-order valence-corrected chi connectivity index (χ1v) is 28.4. The van der Waals surface area contributed by atoms with Crippen molar-refractivity contribution in [2.45, 2.75) is 186 Å². The van der Waals surface area contributed by atoms with Gasteiger partial charge in [0.1, 0.15) is 12.5 Å². The van der Waals surface area contributed by atoms with Gasteiger partial charge in [-0.05, 0) is 48.5 Å². The minimum Gasteiger partial charge on any atom is -0.184 e. The molecule has 0 bridgehead atoms. The summed E-state index contributed by atoms with van der Waals surface area (Å²) in [5, 5.41) is 0. The minimum atomic E-state index is 0. The Morgan fingerprint density at radius 1 is 0.215 bits per heavy atom. The molecule has 0 unspecified atom stereocenters. The van der Waals surface area contributed by atoms with Crippen LogP contribution in [0.2, 0.25) is 0 Å². The van der Waals surface area contributed by atoms with Crippen LogP contribution in [-0.4, -0.2) is 12.5 Å². The quantitative estimate of drug-likeness (QED) is 0.122. The zero-order chi connectivity index (χ0) is 52.1. The molecule has 0 aliphatic rings. The molecule has 0 aliphatic carbocycles. The molecule has 0 amide bonds. The number of rotatable bonds is 4. The fourth-order valence-electron chi connectivity index (χ4n) is 3.45. The zero-order valence-corrected chi connectivity index (χ0v) is 52.2. The Hall–Kier alpha value is -2.88. The molecular weight excluding hydrogens is 898 g/mol. The van der Waals surface area contributed by atoms with Crippen LogP contribution in [0.25, 0.3) is 0 Å². The molecule has 65 heavy (non-hydrogen) atoms. The SMILES string of the molecule is CC.CC.CC.CC.CC.CC.CC.CC.CC.CC.CC.CC.C[S+](c1ccccc1)c1ccccc1.C[S+](c1ccccc1)c1ccccc1.[Y].[c-]1ccccc1.[c-]1ccccc1. The number of hydrogen-bond donors (Lipinski definition) is 0. The standard InChI is InChI=1S/2C13H13S.2C6H5.12C2H6.Y/c2*1-14(12-8-4-2-5-9-12)13-10-6-3-7-11-13;2*1-2-4-6-5-3-1;12*1-2;/h2*2-11H,1H3;2*1-5H;12*1-2H3;/q2*+1;2*-1;;;;;;;;;;;;;. The van der Waals surface area contributed by atoms with Gasteiger partial charge in [0.2, 0.25) is 0 Å². The van der Waals surface area contributed by atoms with Crippen molar-refractivity contribution in [3.63, 3.8) is 0 Å². The molecule has 1 radical (unpaired) electrons. The predicted octanol–water partition coefficient (Wildman–Crippen LogP) is 22.0. The van der Waals surface area contributed by atoms with Gasteiger partial charge in [-0.3, -0.25) is 0 Å². The van der Waals surface area contributed by atoms with Crippen molar-refractivity contribution in [3.8, 4) is 0 Å². The van der Waals surface area contributed by atoms with E-state index < -0.39 is 0 Å². The van der Waals surface area contributed by atoms with Crippen molar-refractivity contribution in [1.82, 2.24) is 0 Å². The summed E-state index contributed by atoms with van der Waals surface area (Å²) < 4.78 is 0. The molecule has 0 atom stereocenters. The van der Waals surface area contributed by atoms with Crippen molar-refractivity contribution in [2.24, 2.45) is 0 Å². The number of hydrogen-bond acceptors (Lipinski definition) is 0. The van der Waals surface area contributed by atoms with Gasteiger partial charge in [0.05, 0.1) is 21.8 Å². The van der Waals surface area contributed by atoms with E-state index in [-0.39, 0.29) is 54.5 Å². The summed E-state index contributed by atoms with van der Waals surface area (Å²) >= 11 is 0. The van der Waals surface area contributed by atoms with E-state index in [1.54, 1.807) is 0 Å². The topological polar surface area (TPSA) is 0 Å². The van der Waals surface area contributed by atoms with Gasteiger partial charge in [-0.25, -0.2) is 0 Å². The first-order chi connectivity index (χ1) is 31.8. The minimum absolute atomic E-state index is 0. The van der Waals surface area contributed by atoms with E-state index in [9.17, 15) is 0 Å². The van der Waals surface area contributed by atoms with Gasteiger partial charge in [-0.1, -0.05) is 239 Å². The summed E-state index contributed by atoms with van der Waals surface area (Å²) in [6.45, 7) is 48.0. The Kier molecular flexibility index (Phi) is 136. The summed E-state index contributed by atoms with van der Waals surface area (Å²) in [6.07, 6.45) is 4.54. The van der Waals surface area contributed by atoms with E-state index in [1.165, 1.54) is 19.6 Å². The Bertz CT molecular complexity index is 1140. The third-order valence-corrected chi connectivity index (χ3v) is 9.52. The van der Waals surface area contributed by atoms with Gasteiger partial charge in [0.15, 0.2) is 19.6 Å². The van der Waals surface area contributed by atoms with Crippen LogP contribution < -0.4 is 0 Å². The zero-order valence-electron chi connectivity index (χ0n) is 47.7. The van der Waals surface area contributed by atoms with Crippen molar-refractivity contribution in [3.05, 3.63) is 194 Å². The second-order valence-corrected chi connectivity index (χ2v) is 12.4. The van der Waals surface area contributed by atoms with Crippen LogP contribution in [0, 0.1) is 12.1 Å². The van der Waals surface area contributed by atoms with Crippen LogP contribution in [0.1, 0.15) is 166 Å². The maximum Gasteiger partial charge on any atom is 0.160 e. The van der Waals surface area contributed by atoms with Crippen LogP contribution in [0.3, 0.4) is 0 Å². The van der Waals surface area contributed by atoms with E-state index >= 15 is 0 Å². The van der Waals surface area contributed by atoms with E-state index in [0.717, 1.165) is 0 Å². The third-order valence-electron chi connectivity index (χ3n) is 5.60. The molecule has 0 aliphatic heterocycles. The normalized spacial score (nSPS) is 7.08. The van der Waals surface area contributed by atoms with Crippen LogP contribution in [0.4, 0.5) is 0 Å². The van der Waals surface area contributed by atoms with Gasteiger partial charge in [0.25, 0.3) is 0 Å². The Morgan fingerprint density at radius 2 is 0.338 bits per heavy atom. The van der Waals surface area contributed by atoms with Gasteiger partial charge in [-0.15, -0.1) is 0 Å². The van der Waals surface area contributed by atoms with Crippen molar-refractivity contribution < 1.29 is 32.7 Å². The second-order valence-electron chi connectivity index (χ2n) is 8.43. The fourth-order valence-corrected chi connectivity index (χ4v) is 6.26.